The quantitative estimate of drug-likeness (QED) is 0.635. The van der Waals surface area contributed by atoms with Crippen LogP contribution in [0.15, 0.2) is 53.3 Å². The lowest BCUT2D eigenvalue weighted by atomic mass is 10.1. The number of rotatable bonds is 3. The first-order chi connectivity index (χ1) is 12.0. The minimum absolute atomic E-state index is 0.0881. The average molecular weight is 395 g/mol. The smallest absolute Gasteiger partial charge is 0.264 e. The zero-order chi connectivity index (χ0) is 18.0. The van der Waals surface area contributed by atoms with Gasteiger partial charge in [0.15, 0.2) is 0 Å². The molecular weight excluding hydrogens is 385 g/mol. The van der Waals surface area contributed by atoms with Gasteiger partial charge in [0.25, 0.3) is 11.5 Å². The molecule has 2 N–H and O–H groups in total. The summed E-state index contributed by atoms with van der Waals surface area (Å²) in [6.45, 7) is 0. The van der Waals surface area contributed by atoms with Gasteiger partial charge >= 0.3 is 0 Å². The van der Waals surface area contributed by atoms with Crippen molar-refractivity contribution in [1.29, 1.82) is 0 Å². The van der Waals surface area contributed by atoms with Crippen LogP contribution in [-0.2, 0) is 0 Å². The molecule has 1 heterocycles. The molecule has 25 heavy (non-hydrogen) atoms. The highest BCUT2D eigenvalue weighted by Crippen LogP contribution is 2.32. The van der Waals surface area contributed by atoms with E-state index in [-0.39, 0.29) is 26.2 Å². The highest BCUT2D eigenvalue weighted by atomic mass is 35.5. The van der Waals surface area contributed by atoms with Gasteiger partial charge in [-0.25, -0.2) is 5.10 Å². The number of H-pyrrole nitrogens is 1. The molecule has 0 bridgehead atoms. The van der Waals surface area contributed by atoms with Crippen LogP contribution in [0.2, 0.25) is 15.1 Å². The van der Waals surface area contributed by atoms with E-state index < -0.39 is 5.91 Å². The first-order valence-corrected chi connectivity index (χ1v) is 8.20. The number of aromatic amines is 1. The van der Waals surface area contributed by atoms with Crippen LogP contribution in [0.25, 0.3) is 11.3 Å². The van der Waals surface area contributed by atoms with Crippen LogP contribution in [-0.4, -0.2) is 16.1 Å². The Morgan fingerprint density at radius 1 is 1.00 bits per heavy atom. The molecule has 126 valence electrons. The van der Waals surface area contributed by atoms with E-state index in [9.17, 15) is 9.59 Å². The zero-order valence-electron chi connectivity index (χ0n) is 12.5. The first-order valence-electron chi connectivity index (χ1n) is 7.07. The Morgan fingerprint density at radius 2 is 1.76 bits per heavy atom. The predicted octanol–water partition coefficient (Wildman–Crippen LogP) is 4.65. The van der Waals surface area contributed by atoms with Crippen molar-refractivity contribution in [3.05, 3.63) is 79.5 Å². The van der Waals surface area contributed by atoms with E-state index in [0.29, 0.717) is 11.4 Å². The Kier molecular flexibility index (Phi) is 5.08. The van der Waals surface area contributed by atoms with E-state index in [1.54, 1.807) is 30.3 Å². The summed E-state index contributed by atoms with van der Waals surface area (Å²) >= 11 is 18.1. The molecular formula is C17H10Cl3N3O2. The summed E-state index contributed by atoms with van der Waals surface area (Å²) in [5.41, 5.74) is 1.61. The number of hydrogen-bond donors (Lipinski definition) is 2. The van der Waals surface area contributed by atoms with E-state index in [0.717, 1.165) is 5.56 Å². The fourth-order valence-corrected chi connectivity index (χ4v) is 2.89. The van der Waals surface area contributed by atoms with Crippen molar-refractivity contribution in [3.63, 3.8) is 0 Å². The third-order valence-corrected chi connectivity index (χ3v) is 4.49. The Bertz CT molecular complexity index is 998. The number of benzene rings is 2. The molecule has 8 heteroatoms. The summed E-state index contributed by atoms with van der Waals surface area (Å²) < 4.78 is 0. The summed E-state index contributed by atoms with van der Waals surface area (Å²) in [7, 11) is 0. The second-order valence-electron chi connectivity index (χ2n) is 5.06. The van der Waals surface area contributed by atoms with Crippen LogP contribution in [0, 0.1) is 0 Å². The second-order valence-corrected chi connectivity index (χ2v) is 6.25. The summed E-state index contributed by atoms with van der Waals surface area (Å²) in [5.74, 6) is -0.482. The van der Waals surface area contributed by atoms with Crippen molar-refractivity contribution in [2.75, 3.05) is 5.32 Å². The van der Waals surface area contributed by atoms with Gasteiger partial charge in [-0.2, -0.15) is 5.10 Å². The van der Waals surface area contributed by atoms with Crippen molar-refractivity contribution in [1.82, 2.24) is 10.2 Å². The maximum absolute atomic E-state index is 12.5. The molecule has 0 saturated carbocycles. The molecule has 0 radical (unpaired) electrons. The van der Waals surface area contributed by atoms with E-state index in [1.165, 1.54) is 18.2 Å². The molecule has 0 fully saturated rings. The molecule has 0 spiro atoms. The van der Waals surface area contributed by atoms with Crippen LogP contribution >= 0.6 is 34.8 Å². The fraction of sp³-hybridized carbons (Fsp3) is 0. The van der Waals surface area contributed by atoms with E-state index in [4.69, 9.17) is 34.8 Å². The number of nitrogens with one attached hydrogen (secondary N) is 2. The fourth-order valence-electron chi connectivity index (χ4n) is 2.19. The minimum Gasteiger partial charge on any atom is -0.322 e. The van der Waals surface area contributed by atoms with Crippen LogP contribution in [0.3, 0.4) is 0 Å². The number of nitrogens with zero attached hydrogens (tertiary/aromatic N) is 1. The lowest BCUT2D eigenvalue weighted by Gasteiger charge is -2.10. The third-order valence-electron chi connectivity index (χ3n) is 3.37. The average Bonchev–Trinajstić information content (AvgIpc) is 2.59. The molecule has 5 nitrogen and oxygen atoms in total. The maximum Gasteiger partial charge on any atom is 0.264 e. The summed E-state index contributed by atoms with van der Waals surface area (Å²) in [4.78, 5) is 23.6. The van der Waals surface area contributed by atoms with Gasteiger partial charge in [-0.1, -0.05) is 46.9 Å². The van der Waals surface area contributed by atoms with Gasteiger partial charge in [-0.15, -0.1) is 0 Å². The predicted molar refractivity (Wildman–Crippen MR) is 99.7 cm³/mol. The Labute approximate surface area is 157 Å². The molecule has 0 aliphatic carbocycles. The highest BCUT2D eigenvalue weighted by molar-refractivity contribution is 6.46. The molecule has 0 unspecified atom stereocenters. The van der Waals surface area contributed by atoms with Crippen LogP contribution in [0.5, 0.6) is 0 Å². The van der Waals surface area contributed by atoms with Gasteiger partial charge < -0.3 is 5.32 Å². The standard InChI is InChI=1S/C17H10Cl3N3O2/c18-11-4-5-12(19)16(20)15(11)17(25)21-10-3-1-2-9(8-10)13-6-7-14(24)23-22-13/h1-8H,(H,21,25)(H,23,24). The number of hydrogen-bond acceptors (Lipinski definition) is 3. The van der Waals surface area contributed by atoms with Gasteiger partial charge in [0.1, 0.15) is 0 Å². The molecule has 3 rings (SSSR count). The van der Waals surface area contributed by atoms with Crippen molar-refractivity contribution in [2.24, 2.45) is 0 Å². The topological polar surface area (TPSA) is 74.8 Å². The van der Waals surface area contributed by atoms with Gasteiger partial charge in [0.05, 0.1) is 26.3 Å². The van der Waals surface area contributed by atoms with Crippen LogP contribution in [0.4, 0.5) is 5.69 Å². The van der Waals surface area contributed by atoms with Gasteiger partial charge in [0.2, 0.25) is 0 Å². The Balaban J connectivity index is 1.90. The van der Waals surface area contributed by atoms with E-state index >= 15 is 0 Å². The van der Waals surface area contributed by atoms with Crippen molar-refractivity contribution in [3.8, 4) is 11.3 Å². The number of halogens is 3. The number of amides is 1. The van der Waals surface area contributed by atoms with Crippen molar-refractivity contribution < 1.29 is 4.79 Å². The zero-order valence-corrected chi connectivity index (χ0v) is 14.8. The lowest BCUT2D eigenvalue weighted by molar-refractivity contribution is 0.102. The molecule has 0 saturated heterocycles. The van der Waals surface area contributed by atoms with Crippen LogP contribution < -0.4 is 10.9 Å². The molecule has 0 atom stereocenters. The van der Waals surface area contributed by atoms with Crippen molar-refractivity contribution >= 4 is 46.4 Å². The molecule has 0 aliphatic rings. The Hall–Kier alpha value is -2.34. The third kappa shape index (κ3) is 3.85. The monoisotopic (exact) mass is 393 g/mol. The largest absolute Gasteiger partial charge is 0.322 e. The van der Waals surface area contributed by atoms with E-state index in [2.05, 4.69) is 15.5 Å². The van der Waals surface area contributed by atoms with Gasteiger partial charge in [-0.3, -0.25) is 9.59 Å². The number of anilines is 1. The normalized spacial score (nSPS) is 10.5. The lowest BCUT2D eigenvalue weighted by Crippen LogP contribution is -2.13. The molecule has 1 aromatic heterocycles. The van der Waals surface area contributed by atoms with Crippen LogP contribution in [0.1, 0.15) is 10.4 Å². The molecule has 1 amide bonds. The highest BCUT2D eigenvalue weighted by Gasteiger charge is 2.17. The first kappa shape index (κ1) is 17.5. The van der Waals surface area contributed by atoms with Crippen molar-refractivity contribution in [2.45, 2.75) is 0 Å². The van der Waals surface area contributed by atoms with Gasteiger partial charge in [0, 0.05) is 17.3 Å². The summed E-state index contributed by atoms with van der Waals surface area (Å²) in [6, 6.07) is 13.0. The number of carbonyl (C=O) groups is 1. The SMILES string of the molecule is O=C(Nc1cccc(-c2ccc(=O)[nH]n2)c1)c1c(Cl)ccc(Cl)c1Cl. The molecule has 3 aromatic rings. The minimum atomic E-state index is -0.482. The van der Waals surface area contributed by atoms with Gasteiger partial charge in [-0.05, 0) is 30.3 Å². The number of carbonyl (C=O) groups excluding carboxylic acids is 1. The summed E-state index contributed by atoms with van der Waals surface area (Å²) in [5, 5.41) is 9.57. The molecule has 0 aliphatic heterocycles. The molecule has 2 aromatic carbocycles. The maximum atomic E-state index is 12.5. The number of aromatic nitrogens is 2. The Morgan fingerprint density at radius 3 is 2.48 bits per heavy atom. The second kappa shape index (κ2) is 7.27. The van der Waals surface area contributed by atoms with E-state index in [1.807, 2.05) is 0 Å². The summed E-state index contributed by atoms with van der Waals surface area (Å²) in [6.07, 6.45) is 0.